The first-order valence-corrected chi connectivity index (χ1v) is 12.8. The molecule has 0 atom stereocenters. The summed E-state index contributed by atoms with van der Waals surface area (Å²) in [5, 5.41) is 26.9. The van der Waals surface area contributed by atoms with Gasteiger partial charge in [-0.25, -0.2) is 9.78 Å². The van der Waals surface area contributed by atoms with Gasteiger partial charge in [-0.1, -0.05) is 24.3 Å². The minimum atomic E-state index is -1.38. The number of hydrogen-bond acceptors (Lipinski definition) is 8. The number of rotatable bonds is 10. The van der Waals surface area contributed by atoms with E-state index >= 15 is 8.78 Å². The van der Waals surface area contributed by atoms with Crippen molar-refractivity contribution in [2.75, 3.05) is 0 Å². The standard InChI is InChI=1S/C31H23F2N5O6/c1-38-13-12-36-29(38)19-5-3-7-21(15-19)43-30-25(32)27(42-20-6-2-4-17(14-20)8-11-24(40)41)26(33)31(37-30)44-23-16-18(28(34)35)9-10-22(23)39/h2-16,39H,1H3,(H3,34,35)(H,40,41). The second-order valence-corrected chi connectivity index (χ2v) is 9.22. The molecule has 0 fully saturated rings. The average molecular weight is 600 g/mol. The van der Waals surface area contributed by atoms with E-state index in [1.165, 1.54) is 48.5 Å². The maximum absolute atomic E-state index is 15.9. The number of phenolic OH excluding ortho intramolecular Hbond substituents is 1. The van der Waals surface area contributed by atoms with Crippen LogP contribution >= 0.6 is 0 Å². The Morgan fingerprint density at radius 1 is 0.977 bits per heavy atom. The second kappa shape index (κ2) is 12.3. The summed E-state index contributed by atoms with van der Waals surface area (Å²) in [6.45, 7) is 0. The molecule has 0 unspecified atom stereocenters. The highest BCUT2D eigenvalue weighted by Crippen LogP contribution is 2.41. The average Bonchev–Trinajstić information content (AvgIpc) is 3.43. The van der Waals surface area contributed by atoms with Crippen LogP contribution in [0.15, 0.2) is 85.2 Å². The van der Waals surface area contributed by atoms with Gasteiger partial charge >= 0.3 is 5.97 Å². The lowest BCUT2D eigenvalue weighted by Gasteiger charge is -2.16. The molecule has 0 aliphatic heterocycles. The molecule has 11 nitrogen and oxygen atoms in total. The fourth-order valence-corrected chi connectivity index (χ4v) is 3.99. The summed E-state index contributed by atoms with van der Waals surface area (Å²) >= 11 is 0. The lowest BCUT2D eigenvalue weighted by molar-refractivity contribution is -0.131. The number of benzene rings is 3. The lowest BCUT2D eigenvalue weighted by atomic mass is 10.2. The lowest BCUT2D eigenvalue weighted by Crippen LogP contribution is -2.11. The zero-order valence-electron chi connectivity index (χ0n) is 22.9. The van der Waals surface area contributed by atoms with Gasteiger partial charge in [0.15, 0.2) is 11.5 Å². The van der Waals surface area contributed by atoms with Gasteiger partial charge in [0.1, 0.15) is 23.2 Å². The van der Waals surface area contributed by atoms with Gasteiger partial charge < -0.3 is 34.7 Å². The maximum atomic E-state index is 15.9. The van der Waals surface area contributed by atoms with Crippen molar-refractivity contribution in [1.82, 2.24) is 14.5 Å². The van der Waals surface area contributed by atoms with E-state index < -0.39 is 40.9 Å². The van der Waals surface area contributed by atoms with Gasteiger partial charge in [0.05, 0.1) is 0 Å². The van der Waals surface area contributed by atoms with Crippen molar-refractivity contribution in [1.29, 1.82) is 5.41 Å². The quantitative estimate of drug-likeness (QED) is 0.0827. The third-order valence-corrected chi connectivity index (χ3v) is 6.08. The molecule has 0 saturated carbocycles. The Morgan fingerprint density at radius 3 is 2.36 bits per heavy atom. The summed E-state index contributed by atoms with van der Waals surface area (Å²) < 4.78 is 50.3. The first kappa shape index (κ1) is 29.3. The zero-order chi connectivity index (χ0) is 31.4. The predicted octanol–water partition coefficient (Wildman–Crippen LogP) is 6.22. The SMILES string of the molecule is Cn1ccnc1-c1cccc(Oc2nc(Oc3cc(C(=N)N)ccc3O)c(F)c(Oc3cccc(C=CC(=O)O)c3)c2F)c1. The van der Waals surface area contributed by atoms with E-state index in [1.807, 2.05) is 0 Å². The number of carbonyl (C=O) groups is 1. The van der Waals surface area contributed by atoms with Crippen LogP contribution in [0, 0.1) is 17.0 Å². The third-order valence-electron chi connectivity index (χ3n) is 6.08. The molecule has 13 heteroatoms. The van der Waals surface area contributed by atoms with Crippen molar-refractivity contribution in [2.45, 2.75) is 0 Å². The van der Waals surface area contributed by atoms with Gasteiger partial charge in [0.25, 0.3) is 11.8 Å². The molecule has 5 rings (SSSR count). The van der Waals surface area contributed by atoms with Gasteiger partial charge in [0, 0.05) is 36.6 Å². The van der Waals surface area contributed by atoms with E-state index in [9.17, 15) is 9.90 Å². The van der Waals surface area contributed by atoms with Crippen molar-refractivity contribution < 1.29 is 38.0 Å². The molecule has 222 valence electrons. The zero-order valence-corrected chi connectivity index (χ0v) is 22.9. The summed E-state index contributed by atoms with van der Waals surface area (Å²) in [4.78, 5) is 19.1. The number of carboxylic acids is 1. The van der Waals surface area contributed by atoms with Crippen LogP contribution in [-0.2, 0) is 11.8 Å². The molecule has 0 saturated heterocycles. The van der Waals surface area contributed by atoms with Crippen LogP contribution in [0.2, 0.25) is 0 Å². The van der Waals surface area contributed by atoms with E-state index in [4.69, 9.17) is 30.5 Å². The van der Waals surface area contributed by atoms with Crippen LogP contribution in [0.3, 0.4) is 0 Å². The normalized spacial score (nSPS) is 11.0. The number of nitrogens with two attached hydrogens (primary N) is 1. The van der Waals surface area contributed by atoms with E-state index in [1.54, 1.807) is 48.3 Å². The van der Waals surface area contributed by atoms with Gasteiger partial charge in [-0.15, -0.1) is 0 Å². The number of hydrogen-bond donors (Lipinski definition) is 4. The first-order chi connectivity index (χ1) is 21.1. The minimum Gasteiger partial charge on any atom is -0.504 e. The highest BCUT2D eigenvalue weighted by atomic mass is 19.1. The van der Waals surface area contributed by atoms with Crippen LogP contribution in [0.25, 0.3) is 17.5 Å². The van der Waals surface area contributed by atoms with Crippen LogP contribution < -0.4 is 19.9 Å². The molecular weight excluding hydrogens is 576 g/mol. The first-order valence-electron chi connectivity index (χ1n) is 12.8. The van der Waals surface area contributed by atoms with Crippen molar-refractivity contribution in [3.05, 3.63) is 108 Å². The highest BCUT2D eigenvalue weighted by molar-refractivity contribution is 5.95. The highest BCUT2D eigenvalue weighted by Gasteiger charge is 2.27. The van der Waals surface area contributed by atoms with Gasteiger partial charge in [-0.2, -0.15) is 13.8 Å². The molecule has 3 aromatic carbocycles. The van der Waals surface area contributed by atoms with Gasteiger partial charge in [0.2, 0.25) is 17.4 Å². The van der Waals surface area contributed by atoms with E-state index in [0.29, 0.717) is 17.0 Å². The molecular formula is C31H23F2N5O6. The number of aromatic hydroxyl groups is 1. The van der Waals surface area contributed by atoms with E-state index in [2.05, 4.69) is 9.97 Å². The number of aliphatic carboxylic acids is 1. The van der Waals surface area contributed by atoms with Crippen molar-refractivity contribution in [3.8, 4) is 51.9 Å². The van der Waals surface area contributed by atoms with Gasteiger partial charge in [-0.3, -0.25) is 5.41 Å². The fraction of sp³-hybridized carbons (Fsp3) is 0.0323. The van der Waals surface area contributed by atoms with E-state index in [0.717, 1.165) is 6.08 Å². The Kier molecular flexibility index (Phi) is 8.20. The largest absolute Gasteiger partial charge is 0.504 e. The number of imidazole rings is 1. The Bertz CT molecular complexity index is 1920. The summed E-state index contributed by atoms with van der Waals surface area (Å²) in [5.74, 6) is -6.81. The number of carboxylic acid groups (broad SMARTS) is 1. The molecule has 2 heterocycles. The molecule has 0 bridgehead atoms. The maximum Gasteiger partial charge on any atom is 0.328 e. The van der Waals surface area contributed by atoms with E-state index in [-0.39, 0.29) is 28.6 Å². The Morgan fingerprint density at radius 2 is 1.68 bits per heavy atom. The number of halogens is 2. The van der Waals surface area contributed by atoms with Crippen molar-refractivity contribution >= 4 is 17.9 Å². The molecule has 0 aliphatic carbocycles. The molecule has 2 aromatic heterocycles. The number of amidine groups is 1. The molecule has 0 spiro atoms. The Hall–Kier alpha value is -6.24. The summed E-state index contributed by atoms with van der Waals surface area (Å²) in [5.41, 5.74) is 6.71. The number of pyridine rings is 1. The van der Waals surface area contributed by atoms with Crippen LogP contribution in [0.4, 0.5) is 8.78 Å². The van der Waals surface area contributed by atoms with Crippen molar-refractivity contribution in [2.24, 2.45) is 12.8 Å². The smallest absolute Gasteiger partial charge is 0.328 e. The molecule has 0 amide bonds. The third kappa shape index (κ3) is 6.46. The molecule has 0 aliphatic rings. The van der Waals surface area contributed by atoms with Crippen LogP contribution in [-0.4, -0.2) is 36.6 Å². The summed E-state index contributed by atoms with van der Waals surface area (Å²) in [7, 11) is 1.80. The van der Waals surface area contributed by atoms with Gasteiger partial charge in [-0.05, 0) is 54.1 Å². The number of aryl methyl sites for hydroxylation is 1. The monoisotopic (exact) mass is 599 g/mol. The number of nitrogens with one attached hydrogen (secondary N) is 1. The number of phenols is 1. The Balaban J connectivity index is 1.58. The van der Waals surface area contributed by atoms with Crippen LogP contribution in [0.1, 0.15) is 11.1 Å². The second-order valence-electron chi connectivity index (χ2n) is 9.22. The predicted molar refractivity (Wildman–Crippen MR) is 155 cm³/mol. The topological polar surface area (TPSA) is 166 Å². The number of aromatic nitrogens is 3. The fourth-order valence-electron chi connectivity index (χ4n) is 3.99. The molecule has 5 N–H and O–H groups in total. The van der Waals surface area contributed by atoms with Crippen LogP contribution in [0.5, 0.6) is 40.5 Å². The number of ether oxygens (including phenoxy) is 3. The number of nitrogen functional groups attached to an aromatic ring is 1. The molecule has 44 heavy (non-hydrogen) atoms. The molecule has 5 aromatic rings. The Labute approximate surface area is 248 Å². The summed E-state index contributed by atoms with van der Waals surface area (Å²) in [6.07, 6.45) is 5.53. The molecule has 0 radical (unpaired) electrons. The van der Waals surface area contributed by atoms with Crippen molar-refractivity contribution in [3.63, 3.8) is 0 Å². The minimum absolute atomic E-state index is 0.0448. The summed E-state index contributed by atoms with van der Waals surface area (Å²) in [6, 6.07) is 16.1. The number of nitrogens with zero attached hydrogens (tertiary/aromatic N) is 3.